The van der Waals surface area contributed by atoms with Crippen molar-refractivity contribution in [1.29, 1.82) is 0 Å². The Balaban J connectivity index is 1.55. The number of hydrogen-bond donors (Lipinski definition) is 1. The summed E-state index contributed by atoms with van der Waals surface area (Å²) in [6.07, 6.45) is -4.59. The van der Waals surface area contributed by atoms with Crippen LogP contribution in [0, 0.1) is 0 Å². The third-order valence-corrected chi connectivity index (χ3v) is 4.97. The molecule has 0 aliphatic heterocycles. The summed E-state index contributed by atoms with van der Waals surface area (Å²) in [5, 5.41) is 15.0. The van der Waals surface area contributed by atoms with Gasteiger partial charge in [0.15, 0.2) is 0 Å². The molecule has 26 heavy (non-hydrogen) atoms. The highest BCUT2D eigenvalue weighted by molar-refractivity contribution is 9.10. The van der Waals surface area contributed by atoms with Crippen LogP contribution in [0.4, 0.5) is 18.3 Å². The summed E-state index contributed by atoms with van der Waals surface area (Å²) in [5.74, 6) is -0.411. The number of thioether (sulfide) groups is 1. The summed E-state index contributed by atoms with van der Waals surface area (Å²) in [6, 6.07) is 7.20. The number of benzene rings is 1. The van der Waals surface area contributed by atoms with E-state index in [9.17, 15) is 18.0 Å². The molecule has 2 heterocycles. The number of carbonyl (C=O) groups excluding carboxylic acids is 1. The molecule has 0 bridgehead atoms. The summed E-state index contributed by atoms with van der Waals surface area (Å²) < 4.78 is 43.6. The van der Waals surface area contributed by atoms with E-state index >= 15 is 0 Å². The molecule has 0 aliphatic rings. The van der Waals surface area contributed by atoms with Gasteiger partial charge < -0.3 is 4.42 Å². The molecule has 13 heteroatoms. The molecule has 0 atom stereocenters. The highest BCUT2D eigenvalue weighted by Crippen LogP contribution is 2.33. The number of amides is 1. The minimum atomic E-state index is -4.59. The van der Waals surface area contributed by atoms with Crippen molar-refractivity contribution in [3.8, 4) is 11.5 Å². The first-order valence-corrected chi connectivity index (χ1v) is 9.33. The van der Waals surface area contributed by atoms with E-state index in [1.807, 2.05) is 12.1 Å². The first-order valence-electron chi connectivity index (χ1n) is 6.74. The second-order valence-corrected chi connectivity index (χ2v) is 7.45. The van der Waals surface area contributed by atoms with Crippen LogP contribution >= 0.6 is 39.0 Å². The fourth-order valence-corrected chi connectivity index (χ4v) is 3.10. The van der Waals surface area contributed by atoms with Gasteiger partial charge in [-0.1, -0.05) is 39.0 Å². The number of halogens is 4. The predicted molar refractivity (Wildman–Crippen MR) is 91.7 cm³/mol. The molecule has 0 aliphatic carbocycles. The molecule has 0 radical (unpaired) electrons. The molecule has 0 saturated carbocycles. The Bertz CT molecular complexity index is 913. The number of alkyl halides is 3. The van der Waals surface area contributed by atoms with E-state index in [1.54, 1.807) is 12.1 Å². The van der Waals surface area contributed by atoms with E-state index in [0.717, 1.165) is 16.2 Å². The quantitative estimate of drug-likeness (QED) is 0.566. The number of anilines is 1. The molecule has 0 saturated heterocycles. The lowest BCUT2D eigenvalue weighted by atomic mass is 10.2. The van der Waals surface area contributed by atoms with Crippen LogP contribution in [0.15, 0.2) is 38.4 Å². The van der Waals surface area contributed by atoms with Gasteiger partial charge >= 0.3 is 6.18 Å². The maximum Gasteiger partial charge on any atom is 0.445 e. The highest BCUT2D eigenvalue weighted by atomic mass is 79.9. The van der Waals surface area contributed by atoms with Crippen molar-refractivity contribution in [1.82, 2.24) is 20.4 Å². The van der Waals surface area contributed by atoms with E-state index in [1.165, 1.54) is 0 Å². The average Bonchev–Trinajstić information content (AvgIpc) is 3.22. The third-order valence-electron chi connectivity index (χ3n) is 2.74. The first kappa shape index (κ1) is 18.8. The molecular weight excluding hydrogens is 459 g/mol. The topological polar surface area (TPSA) is 93.8 Å². The molecule has 0 fully saturated rings. The smallest absolute Gasteiger partial charge is 0.411 e. The minimum absolute atomic E-state index is 0.136. The number of nitrogens with one attached hydrogen (secondary N) is 1. The zero-order valence-corrected chi connectivity index (χ0v) is 15.7. The molecule has 3 rings (SSSR count). The second kappa shape index (κ2) is 7.72. The Kier molecular flexibility index (Phi) is 5.58. The Morgan fingerprint density at radius 1 is 1.19 bits per heavy atom. The second-order valence-electron chi connectivity index (χ2n) is 4.63. The van der Waals surface area contributed by atoms with Crippen molar-refractivity contribution in [3.05, 3.63) is 33.7 Å². The van der Waals surface area contributed by atoms with E-state index in [2.05, 4.69) is 41.6 Å². The largest absolute Gasteiger partial charge is 0.445 e. The zero-order chi connectivity index (χ0) is 18.7. The van der Waals surface area contributed by atoms with Crippen molar-refractivity contribution in [3.63, 3.8) is 0 Å². The average molecular weight is 466 g/mol. The standard InChI is InChI=1S/C13H7BrF3N5O2S2/c14-7-3-1-6(2-4-7)9-19-22-12(24-9)25-5-8(23)18-11-21-20-10(26-11)13(15,16)17/h1-4H,5H2,(H,18,21,23). The molecule has 1 N–H and O–H groups in total. The van der Waals surface area contributed by atoms with Gasteiger partial charge in [-0.15, -0.1) is 20.4 Å². The van der Waals surface area contributed by atoms with Crippen LogP contribution in [0.3, 0.4) is 0 Å². The van der Waals surface area contributed by atoms with Gasteiger partial charge in [-0.2, -0.15) is 13.2 Å². The third kappa shape index (κ3) is 4.80. The summed E-state index contributed by atoms with van der Waals surface area (Å²) in [7, 11) is 0. The lowest BCUT2D eigenvalue weighted by Crippen LogP contribution is -2.13. The van der Waals surface area contributed by atoms with Gasteiger partial charge in [0.1, 0.15) is 0 Å². The lowest BCUT2D eigenvalue weighted by molar-refractivity contribution is -0.138. The Labute approximate surface area is 160 Å². The van der Waals surface area contributed by atoms with Gasteiger partial charge in [-0.25, -0.2) is 0 Å². The number of rotatable bonds is 5. The summed E-state index contributed by atoms with van der Waals surface area (Å²) in [6.45, 7) is 0. The van der Waals surface area contributed by atoms with E-state index in [0.29, 0.717) is 11.5 Å². The van der Waals surface area contributed by atoms with Gasteiger partial charge in [0.25, 0.3) is 5.22 Å². The van der Waals surface area contributed by atoms with Crippen molar-refractivity contribution in [2.75, 3.05) is 11.1 Å². The van der Waals surface area contributed by atoms with Crippen molar-refractivity contribution < 1.29 is 22.4 Å². The number of carbonyl (C=O) groups is 1. The summed E-state index contributed by atoms with van der Waals surface area (Å²) in [5.41, 5.74) is 0.713. The maximum atomic E-state index is 12.4. The SMILES string of the molecule is O=C(CSc1nnc(-c2ccc(Br)cc2)o1)Nc1nnc(C(F)(F)F)s1. The normalized spacial score (nSPS) is 11.5. The fourth-order valence-electron chi connectivity index (χ4n) is 1.65. The molecule has 2 aromatic heterocycles. The van der Waals surface area contributed by atoms with Gasteiger partial charge in [0, 0.05) is 10.0 Å². The van der Waals surface area contributed by atoms with E-state index in [4.69, 9.17) is 4.42 Å². The molecule has 7 nitrogen and oxygen atoms in total. The molecule has 136 valence electrons. The molecule has 1 amide bonds. The van der Waals surface area contributed by atoms with Crippen LogP contribution in [-0.4, -0.2) is 32.1 Å². The maximum absolute atomic E-state index is 12.4. The van der Waals surface area contributed by atoms with Crippen molar-refractivity contribution in [2.45, 2.75) is 11.4 Å². The number of aromatic nitrogens is 4. The Morgan fingerprint density at radius 2 is 1.92 bits per heavy atom. The molecule has 1 aromatic carbocycles. The Morgan fingerprint density at radius 3 is 2.58 bits per heavy atom. The van der Waals surface area contributed by atoms with E-state index < -0.39 is 17.1 Å². The van der Waals surface area contributed by atoms with Crippen LogP contribution in [0.5, 0.6) is 0 Å². The molecular formula is C13H7BrF3N5O2S2. The monoisotopic (exact) mass is 465 g/mol. The summed E-state index contributed by atoms with van der Waals surface area (Å²) >= 11 is 4.52. The van der Waals surface area contributed by atoms with Crippen LogP contribution in [0.25, 0.3) is 11.5 Å². The van der Waals surface area contributed by atoms with Crippen LogP contribution in [0.1, 0.15) is 5.01 Å². The van der Waals surface area contributed by atoms with Crippen molar-refractivity contribution >= 4 is 50.1 Å². The molecule has 3 aromatic rings. The van der Waals surface area contributed by atoms with Crippen LogP contribution < -0.4 is 5.32 Å². The van der Waals surface area contributed by atoms with Gasteiger partial charge in [0.2, 0.25) is 21.9 Å². The molecule has 0 spiro atoms. The van der Waals surface area contributed by atoms with Gasteiger partial charge in [-0.3, -0.25) is 10.1 Å². The highest BCUT2D eigenvalue weighted by Gasteiger charge is 2.35. The zero-order valence-electron chi connectivity index (χ0n) is 12.5. The lowest BCUT2D eigenvalue weighted by Gasteiger charge is -1.99. The van der Waals surface area contributed by atoms with Crippen molar-refractivity contribution in [2.24, 2.45) is 0 Å². The van der Waals surface area contributed by atoms with Gasteiger partial charge in [0.05, 0.1) is 5.75 Å². The number of nitrogens with zero attached hydrogens (tertiary/aromatic N) is 4. The predicted octanol–water partition coefficient (Wildman–Crippen LogP) is 4.10. The summed E-state index contributed by atoms with van der Waals surface area (Å²) in [4.78, 5) is 11.8. The van der Waals surface area contributed by atoms with Crippen LogP contribution in [0.2, 0.25) is 0 Å². The minimum Gasteiger partial charge on any atom is -0.411 e. The first-order chi connectivity index (χ1) is 12.3. The fraction of sp³-hybridized carbons (Fsp3) is 0.154. The van der Waals surface area contributed by atoms with E-state index in [-0.39, 0.29) is 27.4 Å². The van der Waals surface area contributed by atoms with Crippen LogP contribution in [-0.2, 0) is 11.0 Å². The van der Waals surface area contributed by atoms with Gasteiger partial charge in [-0.05, 0) is 24.3 Å². The molecule has 0 unspecified atom stereocenters. The Hall–Kier alpha value is -1.99. The number of hydrogen-bond acceptors (Lipinski definition) is 8.